The Hall–Kier alpha value is -2.48. The van der Waals surface area contributed by atoms with Gasteiger partial charge in [-0.05, 0) is 56.7 Å². The molecule has 1 fully saturated rings. The van der Waals surface area contributed by atoms with E-state index in [1.54, 1.807) is 30.5 Å². The number of pyridine rings is 1. The number of likely N-dealkylation sites (N-methyl/N-ethyl adjacent to an activating group) is 1. The third-order valence-electron chi connectivity index (χ3n) is 6.92. The molecule has 2 aliphatic rings. The molecule has 0 bridgehead atoms. The number of benzene rings is 1. The molecule has 2 aromatic rings. The maximum absolute atomic E-state index is 13.5. The summed E-state index contributed by atoms with van der Waals surface area (Å²) in [4.78, 5) is 37.3. The van der Waals surface area contributed by atoms with E-state index in [4.69, 9.17) is 11.6 Å². The Morgan fingerprint density at radius 2 is 2.06 bits per heavy atom. The lowest BCUT2D eigenvalue weighted by Gasteiger charge is -2.38. The maximum Gasteiger partial charge on any atom is 0.327 e. The number of piperidine rings is 1. The number of urea groups is 1. The van der Waals surface area contributed by atoms with Crippen LogP contribution in [0.3, 0.4) is 0 Å². The standard InChI is InChI=1S/C26H34ClN5O2/c1-3-30(4-2)18-21-9-5-6-14-31(21)15-13-29-26(34)32-23-17-20(27)10-11-22(23)24(33)16-19-8-7-12-28-25(19)32/h7-8,10-12,17,21H,3-6,9,13-16,18H2,1-2H3,(H,29,34). The van der Waals surface area contributed by atoms with Crippen LogP contribution in [-0.2, 0) is 6.42 Å². The van der Waals surface area contributed by atoms with Gasteiger partial charge in [0.15, 0.2) is 5.78 Å². The Morgan fingerprint density at radius 3 is 2.85 bits per heavy atom. The predicted octanol–water partition coefficient (Wildman–Crippen LogP) is 4.52. The van der Waals surface area contributed by atoms with Crippen molar-refractivity contribution in [2.24, 2.45) is 0 Å². The molecule has 1 saturated heterocycles. The van der Waals surface area contributed by atoms with E-state index in [2.05, 4.69) is 33.9 Å². The topological polar surface area (TPSA) is 68.8 Å². The van der Waals surface area contributed by atoms with Crippen LogP contribution in [0.2, 0.25) is 5.02 Å². The molecule has 3 heterocycles. The summed E-state index contributed by atoms with van der Waals surface area (Å²) in [5, 5.41) is 3.55. The number of anilines is 2. The molecule has 2 amide bonds. The van der Waals surface area contributed by atoms with E-state index in [0.29, 0.717) is 34.7 Å². The molecule has 182 valence electrons. The summed E-state index contributed by atoms with van der Waals surface area (Å²) in [7, 11) is 0. The van der Waals surface area contributed by atoms with Crippen molar-refractivity contribution < 1.29 is 9.59 Å². The number of hydrogen-bond acceptors (Lipinski definition) is 5. The highest BCUT2D eigenvalue weighted by Crippen LogP contribution is 2.36. The summed E-state index contributed by atoms with van der Waals surface area (Å²) in [5.41, 5.74) is 1.68. The quantitative estimate of drug-likeness (QED) is 0.627. The van der Waals surface area contributed by atoms with Gasteiger partial charge in [0.25, 0.3) is 0 Å². The molecule has 1 aromatic carbocycles. The summed E-state index contributed by atoms with van der Waals surface area (Å²) < 4.78 is 0. The first-order chi connectivity index (χ1) is 16.5. The second kappa shape index (κ2) is 11.3. The third-order valence-corrected chi connectivity index (χ3v) is 7.16. The number of amides is 2. The van der Waals surface area contributed by atoms with Crippen molar-refractivity contribution in [3.63, 3.8) is 0 Å². The first-order valence-corrected chi connectivity index (χ1v) is 12.7. The monoisotopic (exact) mass is 483 g/mol. The first kappa shape index (κ1) is 24.6. The second-order valence-corrected chi connectivity index (χ2v) is 9.42. The van der Waals surface area contributed by atoms with E-state index in [9.17, 15) is 9.59 Å². The van der Waals surface area contributed by atoms with Crippen LogP contribution in [0.5, 0.6) is 0 Å². The van der Waals surface area contributed by atoms with E-state index in [1.807, 2.05) is 6.07 Å². The number of carbonyl (C=O) groups is 2. The van der Waals surface area contributed by atoms with Gasteiger partial charge in [-0.2, -0.15) is 0 Å². The minimum Gasteiger partial charge on any atom is -0.336 e. The van der Waals surface area contributed by atoms with Crippen molar-refractivity contribution in [3.05, 3.63) is 52.7 Å². The molecule has 7 nitrogen and oxygen atoms in total. The fraction of sp³-hybridized carbons (Fsp3) is 0.500. The number of aromatic nitrogens is 1. The molecule has 4 rings (SSSR count). The fourth-order valence-electron chi connectivity index (χ4n) is 5.01. The number of halogens is 1. The van der Waals surface area contributed by atoms with Crippen molar-refractivity contribution in [1.82, 2.24) is 20.1 Å². The average Bonchev–Trinajstić information content (AvgIpc) is 2.96. The minimum absolute atomic E-state index is 0.0521. The maximum atomic E-state index is 13.5. The van der Waals surface area contributed by atoms with Crippen LogP contribution in [0.4, 0.5) is 16.3 Å². The van der Waals surface area contributed by atoms with Crippen molar-refractivity contribution >= 4 is 34.9 Å². The summed E-state index contributed by atoms with van der Waals surface area (Å²) in [6, 6.07) is 8.90. The highest BCUT2D eigenvalue weighted by molar-refractivity contribution is 6.31. The predicted molar refractivity (Wildman–Crippen MR) is 136 cm³/mol. The number of carbonyl (C=O) groups excluding carboxylic acids is 2. The zero-order valence-electron chi connectivity index (χ0n) is 20.1. The molecule has 1 atom stereocenters. The van der Waals surface area contributed by atoms with Gasteiger partial charge in [-0.25, -0.2) is 14.7 Å². The molecule has 0 aliphatic carbocycles. The number of nitrogens with zero attached hydrogens (tertiary/aromatic N) is 4. The molecule has 1 aromatic heterocycles. The Labute approximate surface area is 207 Å². The number of nitrogens with one attached hydrogen (secondary N) is 1. The Kier molecular flexibility index (Phi) is 8.19. The van der Waals surface area contributed by atoms with E-state index < -0.39 is 0 Å². The van der Waals surface area contributed by atoms with Crippen LogP contribution >= 0.6 is 11.6 Å². The van der Waals surface area contributed by atoms with Crippen LogP contribution in [0.25, 0.3) is 0 Å². The Bertz CT molecular complexity index is 1030. The van der Waals surface area contributed by atoms with Crippen LogP contribution in [0.15, 0.2) is 36.5 Å². The molecule has 0 radical (unpaired) electrons. The van der Waals surface area contributed by atoms with Gasteiger partial charge in [0, 0.05) is 54.4 Å². The molecular weight excluding hydrogens is 450 g/mol. The van der Waals surface area contributed by atoms with Crippen molar-refractivity contribution in [2.45, 2.75) is 45.6 Å². The third kappa shape index (κ3) is 5.43. The number of hydrogen-bond donors (Lipinski definition) is 1. The molecule has 34 heavy (non-hydrogen) atoms. The largest absolute Gasteiger partial charge is 0.336 e. The summed E-state index contributed by atoms with van der Waals surface area (Å²) in [6.07, 6.45) is 5.49. The van der Waals surface area contributed by atoms with Gasteiger partial charge in [0.2, 0.25) is 0 Å². The van der Waals surface area contributed by atoms with Gasteiger partial charge < -0.3 is 10.2 Å². The lowest BCUT2D eigenvalue weighted by atomic mass is 10.0. The molecule has 0 spiro atoms. The zero-order chi connectivity index (χ0) is 24.1. The molecular formula is C26H34ClN5O2. The number of likely N-dealkylation sites (tertiary alicyclic amines) is 1. The summed E-state index contributed by atoms with van der Waals surface area (Å²) in [5.74, 6) is 0.426. The Balaban J connectivity index is 1.50. The van der Waals surface area contributed by atoms with E-state index in [-0.39, 0.29) is 18.2 Å². The van der Waals surface area contributed by atoms with Crippen LogP contribution in [-0.4, -0.2) is 71.9 Å². The second-order valence-electron chi connectivity index (χ2n) is 8.99. The number of rotatable bonds is 7. The lowest BCUT2D eigenvalue weighted by molar-refractivity contribution is 0.0994. The van der Waals surface area contributed by atoms with Gasteiger partial charge in [0.05, 0.1) is 5.69 Å². The zero-order valence-corrected chi connectivity index (χ0v) is 20.9. The SMILES string of the molecule is CCN(CC)CC1CCCCN1CCNC(=O)N1c2cc(Cl)ccc2C(=O)Cc2cccnc21. The highest BCUT2D eigenvalue weighted by atomic mass is 35.5. The van der Waals surface area contributed by atoms with E-state index in [1.165, 1.54) is 24.2 Å². The normalized spacial score (nSPS) is 18.4. The summed E-state index contributed by atoms with van der Waals surface area (Å²) >= 11 is 6.26. The van der Waals surface area contributed by atoms with Crippen molar-refractivity contribution in [1.29, 1.82) is 0 Å². The molecule has 1 unspecified atom stereocenters. The van der Waals surface area contributed by atoms with Gasteiger partial charge in [-0.15, -0.1) is 0 Å². The number of fused-ring (bicyclic) bond motifs is 2. The van der Waals surface area contributed by atoms with E-state index in [0.717, 1.165) is 38.3 Å². The van der Waals surface area contributed by atoms with Crippen LogP contribution in [0.1, 0.15) is 49.0 Å². The molecule has 8 heteroatoms. The molecule has 1 N–H and O–H groups in total. The summed E-state index contributed by atoms with van der Waals surface area (Å²) in [6.45, 7) is 9.97. The first-order valence-electron chi connectivity index (χ1n) is 12.3. The fourth-order valence-corrected chi connectivity index (χ4v) is 5.18. The van der Waals surface area contributed by atoms with Gasteiger partial charge >= 0.3 is 6.03 Å². The van der Waals surface area contributed by atoms with Gasteiger partial charge in [-0.3, -0.25) is 9.69 Å². The van der Waals surface area contributed by atoms with Crippen molar-refractivity contribution in [3.8, 4) is 0 Å². The number of ketones is 1. The van der Waals surface area contributed by atoms with Crippen LogP contribution < -0.4 is 10.2 Å². The van der Waals surface area contributed by atoms with E-state index >= 15 is 0 Å². The van der Waals surface area contributed by atoms with Crippen molar-refractivity contribution in [2.75, 3.05) is 44.2 Å². The molecule has 0 saturated carbocycles. The molecule has 2 aliphatic heterocycles. The minimum atomic E-state index is -0.296. The van der Waals surface area contributed by atoms with Gasteiger partial charge in [0.1, 0.15) is 5.82 Å². The number of Topliss-reactive ketones (excluding diaryl/α,β-unsaturated/α-hetero) is 1. The average molecular weight is 484 g/mol. The lowest BCUT2D eigenvalue weighted by Crippen LogP contribution is -2.50. The van der Waals surface area contributed by atoms with Gasteiger partial charge in [-0.1, -0.05) is 37.9 Å². The van der Waals surface area contributed by atoms with Crippen LogP contribution in [0, 0.1) is 0 Å². The smallest absolute Gasteiger partial charge is 0.327 e. The Morgan fingerprint density at radius 1 is 1.24 bits per heavy atom. The highest BCUT2D eigenvalue weighted by Gasteiger charge is 2.31.